The number of esters is 1. The number of hydrogen-bond acceptors (Lipinski definition) is 4. The van der Waals surface area contributed by atoms with Crippen molar-refractivity contribution in [2.45, 2.75) is 19.8 Å². The van der Waals surface area contributed by atoms with Gasteiger partial charge >= 0.3 is 5.97 Å². The Morgan fingerprint density at radius 1 is 1.47 bits per heavy atom. The number of ether oxygens (including phenoxy) is 2. The second-order valence-electron chi connectivity index (χ2n) is 3.62. The van der Waals surface area contributed by atoms with E-state index in [0.29, 0.717) is 5.56 Å². The van der Waals surface area contributed by atoms with E-state index in [1.165, 1.54) is 13.2 Å². The Morgan fingerprint density at radius 3 is 2.63 bits per heavy atom. The van der Waals surface area contributed by atoms with Crippen molar-refractivity contribution in [1.82, 2.24) is 0 Å². The molecule has 0 bridgehead atoms. The average molecular weight is 269 g/mol. The van der Waals surface area contributed by atoms with Gasteiger partial charge in [-0.15, -0.1) is 0 Å². The number of rotatable bonds is 5. The zero-order valence-corrected chi connectivity index (χ0v) is 10.6. The minimum Gasteiger partial charge on any atom is -0.495 e. The van der Waals surface area contributed by atoms with Crippen molar-refractivity contribution in [3.63, 3.8) is 0 Å². The number of nitriles is 1. The van der Waals surface area contributed by atoms with Crippen molar-refractivity contribution in [2.24, 2.45) is 0 Å². The van der Waals surface area contributed by atoms with E-state index in [1.807, 2.05) is 0 Å². The SMILES string of the molecule is CCOC(=O)Cc1ccc(C(F)F)c(OC)c1C#N. The van der Waals surface area contributed by atoms with Gasteiger partial charge in [0.15, 0.2) is 0 Å². The van der Waals surface area contributed by atoms with Crippen LogP contribution in [0.15, 0.2) is 12.1 Å². The van der Waals surface area contributed by atoms with E-state index >= 15 is 0 Å². The molecule has 4 nitrogen and oxygen atoms in total. The molecule has 19 heavy (non-hydrogen) atoms. The molecule has 0 heterocycles. The summed E-state index contributed by atoms with van der Waals surface area (Å²) in [6, 6.07) is 4.26. The first kappa shape index (κ1) is 14.9. The molecule has 0 unspecified atom stereocenters. The molecule has 0 atom stereocenters. The summed E-state index contributed by atoms with van der Waals surface area (Å²) in [5.74, 6) is -0.717. The van der Waals surface area contributed by atoms with E-state index < -0.39 is 12.4 Å². The van der Waals surface area contributed by atoms with Crippen LogP contribution in [0.25, 0.3) is 0 Å². The molecule has 0 saturated carbocycles. The van der Waals surface area contributed by atoms with Gasteiger partial charge in [-0.1, -0.05) is 6.07 Å². The first-order chi connectivity index (χ1) is 9.04. The second-order valence-corrected chi connectivity index (χ2v) is 3.62. The lowest BCUT2D eigenvalue weighted by molar-refractivity contribution is -0.142. The number of alkyl halides is 2. The lowest BCUT2D eigenvalue weighted by Gasteiger charge is -2.12. The van der Waals surface area contributed by atoms with Gasteiger partial charge in [-0.05, 0) is 18.6 Å². The van der Waals surface area contributed by atoms with Crippen molar-refractivity contribution in [1.29, 1.82) is 5.26 Å². The van der Waals surface area contributed by atoms with Crippen molar-refractivity contribution >= 4 is 5.97 Å². The Balaban J connectivity index is 3.21. The molecule has 0 radical (unpaired) electrons. The van der Waals surface area contributed by atoms with Crippen molar-refractivity contribution in [2.75, 3.05) is 13.7 Å². The lowest BCUT2D eigenvalue weighted by Crippen LogP contribution is -2.10. The molecular weight excluding hydrogens is 256 g/mol. The van der Waals surface area contributed by atoms with Crippen LogP contribution < -0.4 is 4.74 Å². The fourth-order valence-corrected chi connectivity index (χ4v) is 1.67. The van der Waals surface area contributed by atoms with Crippen molar-refractivity contribution < 1.29 is 23.0 Å². The van der Waals surface area contributed by atoms with Crippen LogP contribution in [0, 0.1) is 11.3 Å². The third kappa shape index (κ3) is 3.41. The van der Waals surface area contributed by atoms with Gasteiger partial charge in [0.05, 0.1) is 31.3 Å². The molecular formula is C13H13F2NO3. The Labute approximate surface area is 109 Å². The number of methoxy groups -OCH3 is 1. The molecule has 0 aliphatic rings. The molecule has 0 aliphatic heterocycles. The monoisotopic (exact) mass is 269 g/mol. The van der Waals surface area contributed by atoms with Gasteiger partial charge in [0.1, 0.15) is 11.8 Å². The van der Waals surface area contributed by atoms with Crippen LogP contribution in [-0.4, -0.2) is 19.7 Å². The molecule has 1 aromatic carbocycles. The largest absolute Gasteiger partial charge is 0.495 e. The zero-order valence-electron chi connectivity index (χ0n) is 10.6. The van der Waals surface area contributed by atoms with Crippen LogP contribution in [0.4, 0.5) is 8.78 Å². The van der Waals surface area contributed by atoms with Crippen LogP contribution in [-0.2, 0) is 16.0 Å². The molecule has 102 valence electrons. The summed E-state index contributed by atoms with van der Waals surface area (Å²) >= 11 is 0. The van der Waals surface area contributed by atoms with Crippen LogP contribution >= 0.6 is 0 Å². The molecule has 0 aromatic heterocycles. The Morgan fingerprint density at radius 2 is 2.16 bits per heavy atom. The highest BCUT2D eigenvalue weighted by atomic mass is 19.3. The number of hydrogen-bond donors (Lipinski definition) is 0. The van der Waals surface area contributed by atoms with E-state index in [0.717, 1.165) is 6.07 Å². The third-order valence-electron chi connectivity index (χ3n) is 2.47. The molecule has 0 amide bonds. The number of benzene rings is 1. The highest BCUT2D eigenvalue weighted by molar-refractivity contribution is 5.74. The van der Waals surface area contributed by atoms with Crippen LogP contribution in [0.2, 0.25) is 0 Å². The van der Waals surface area contributed by atoms with Crippen LogP contribution in [0.3, 0.4) is 0 Å². The summed E-state index contributed by atoms with van der Waals surface area (Å²) in [5, 5.41) is 9.05. The minimum absolute atomic E-state index is 0.0617. The summed E-state index contributed by atoms with van der Waals surface area (Å²) < 4.78 is 35.1. The van der Waals surface area contributed by atoms with E-state index in [1.54, 1.807) is 13.0 Å². The highest BCUT2D eigenvalue weighted by Gasteiger charge is 2.21. The lowest BCUT2D eigenvalue weighted by atomic mass is 10.0. The predicted molar refractivity (Wildman–Crippen MR) is 63.0 cm³/mol. The van der Waals surface area contributed by atoms with Gasteiger partial charge in [0.25, 0.3) is 6.43 Å². The van der Waals surface area contributed by atoms with Gasteiger partial charge in [0, 0.05) is 0 Å². The standard InChI is InChI=1S/C13H13F2NO3/c1-3-19-11(17)6-8-4-5-9(13(14)15)12(18-2)10(8)7-16/h4-5,13H,3,6H2,1-2H3. The molecule has 0 spiro atoms. The molecule has 0 saturated heterocycles. The van der Waals surface area contributed by atoms with E-state index in [4.69, 9.17) is 14.7 Å². The predicted octanol–water partition coefficient (Wildman–Crippen LogP) is 2.61. The maximum atomic E-state index is 12.8. The molecule has 1 rings (SSSR count). The quantitative estimate of drug-likeness (QED) is 0.771. The number of carbonyl (C=O) groups is 1. The van der Waals surface area contributed by atoms with E-state index in [-0.39, 0.29) is 29.9 Å². The first-order valence-electron chi connectivity index (χ1n) is 5.58. The van der Waals surface area contributed by atoms with Crippen LogP contribution in [0.5, 0.6) is 5.75 Å². The Hall–Kier alpha value is -2.16. The summed E-state index contributed by atoms with van der Waals surface area (Å²) in [5.41, 5.74) is -0.123. The van der Waals surface area contributed by atoms with Crippen molar-refractivity contribution in [3.8, 4) is 11.8 Å². The third-order valence-corrected chi connectivity index (χ3v) is 2.47. The second kappa shape index (κ2) is 6.69. The highest BCUT2D eigenvalue weighted by Crippen LogP contribution is 2.33. The van der Waals surface area contributed by atoms with Gasteiger partial charge in [0.2, 0.25) is 0 Å². The maximum Gasteiger partial charge on any atom is 0.310 e. The number of halogens is 2. The minimum atomic E-state index is -2.75. The topological polar surface area (TPSA) is 59.3 Å². The molecule has 0 aliphatic carbocycles. The fourth-order valence-electron chi connectivity index (χ4n) is 1.67. The summed E-state index contributed by atoms with van der Waals surface area (Å²) in [4.78, 5) is 11.4. The van der Waals surface area contributed by atoms with Gasteiger partial charge in [-0.3, -0.25) is 4.79 Å². The van der Waals surface area contributed by atoms with E-state index in [2.05, 4.69) is 0 Å². The summed E-state index contributed by atoms with van der Waals surface area (Å²) in [6.45, 7) is 1.87. The van der Waals surface area contributed by atoms with Gasteiger partial charge in [-0.2, -0.15) is 5.26 Å². The van der Waals surface area contributed by atoms with Gasteiger partial charge < -0.3 is 9.47 Å². The molecule has 6 heteroatoms. The van der Waals surface area contributed by atoms with E-state index in [9.17, 15) is 13.6 Å². The van der Waals surface area contributed by atoms with Crippen molar-refractivity contribution in [3.05, 3.63) is 28.8 Å². The Bertz CT molecular complexity index is 509. The Kier molecular flexibility index (Phi) is 5.24. The fraction of sp³-hybridized carbons (Fsp3) is 0.385. The molecule has 1 aromatic rings. The number of nitrogens with zero attached hydrogens (tertiary/aromatic N) is 1. The van der Waals surface area contributed by atoms with Gasteiger partial charge in [-0.25, -0.2) is 8.78 Å². The average Bonchev–Trinajstić information content (AvgIpc) is 2.37. The zero-order chi connectivity index (χ0) is 14.4. The van der Waals surface area contributed by atoms with Crippen LogP contribution in [0.1, 0.15) is 30.0 Å². The summed E-state index contributed by atoms with van der Waals surface area (Å²) in [6.07, 6.45) is -2.91. The summed E-state index contributed by atoms with van der Waals surface area (Å²) in [7, 11) is 1.20. The molecule has 0 fully saturated rings. The molecule has 0 N–H and O–H groups in total. The first-order valence-corrected chi connectivity index (χ1v) is 5.58. The normalized spacial score (nSPS) is 10.1. The maximum absolute atomic E-state index is 12.8. The number of carbonyl (C=O) groups excluding carboxylic acids is 1. The smallest absolute Gasteiger partial charge is 0.310 e.